The molecule has 2 fully saturated rings. The summed E-state index contributed by atoms with van der Waals surface area (Å²) in [6.45, 7) is 9.04. The van der Waals surface area contributed by atoms with Gasteiger partial charge in [0.05, 0.1) is 34.3 Å². The van der Waals surface area contributed by atoms with E-state index in [1.807, 2.05) is 43.6 Å². The predicted octanol–water partition coefficient (Wildman–Crippen LogP) is 3.78. The number of aryl methyl sites for hydroxylation is 1. The first-order valence-corrected chi connectivity index (χ1v) is 14.4. The highest BCUT2D eigenvalue weighted by Gasteiger charge is 2.46. The van der Waals surface area contributed by atoms with Crippen LogP contribution in [-0.2, 0) is 23.9 Å². The van der Waals surface area contributed by atoms with Crippen molar-refractivity contribution in [1.29, 1.82) is 0 Å². The first-order chi connectivity index (χ1) is 18.4. The van der Waals surface area contributed by atoms with Crippen molar-refractivity contribution >= 4 is 29.1 Å². The highest BCUT2D eigenvalue weighted by molar-refractivity contribution is 7.13. The van der Waals surface area contributed by atoms with E-state index in [1.165, 1.54) is 4.90 Å². The molecule has 1 aliphatic heterocycles. The third-order valence-electron chi connectivity index (χ3n) is 7.39. The van der Waals surface area contributed by atoms with Crippen molar-refractivity contribution in [1.82, 2.24) is 15.2 Å². The molecule has 2 heterocycles. The Morgan fingerprint density at radius 3 is 2.46 bits per heavy atom. The molecule has 0 radical (unpaired) electrons. The standard InChI is InChI=1S/C29H39N3O6S/c1-17(19-9-11-20(12-10-19)25-18(2)30-16-39-25)31-27(35)23-13-21(33)14-32(23)28(36)26(29(3,4)5)38-24(34)15-37-22-7-6-8-22/h9-12,16-17,21-23,26,33H,6-8,13-15H2,1-5H3,(H,31,35)/t17-,21+,23+,26+/m0/s1. The van der Waals surface area contributed by atoms with Gasteiger partial charge in [0, 0.05) is 18.4 Å². The van der Waals surface area contributed by atoms with Gasteiger partial charge < -0.3 is 24.8 Å². The summed E-state index contributed by atoms with van der Waals surface area (Å²) in [5.74, 6) is -1.46. The normalized spacial score (nSPS) is 21.2. The molecule has 4 rings (SSSR count). The minimum atomic E-state index is -1.12. The molecule has 0 spiro atoms. The lowest BCUT2D eigenvalue weighted by Gasteiger charge is -2.34. The van der Waals surface area contributed by atoms with Crippen LogP contribution in [0.5, 0.6) is 0 Å². The van der Waals surface area contributed by atoms with Crippen LogP contribution in [0.4, 0.5) is 0 Å². The maximum absolute atomic E-state index is 13.6. The second kappa shape index (κ2) is 12.1. The molecule has 1 aromatic carbocycles. The summed E-state index contributed by atoms with van der Waals surface area (Å²) in [7, 11) is 0. The summed E-state index contributed by atoms with van der Waals surface area (Å²) in [4.78, 5) is 46.3. The van der Waals surface area contributed by atoms with Crippen molar-refractivity contribution in [3.05, 3.63) is 41.0 Å². The molecular formula is C29H39N3O6S. The number of esters is 1. The molecule has 9 nitrogen and oxygen atoms in total. The monoisotopic (exact) mass is 557 g/mol. The van der Waals surface area contributed by atoms with E-state index in [0.717, 1.165) is 41.0 Å². The van der Waals surface area contributed by atoms with Gasteiger partial charge in [0.15, 0.2) is 6.10 Å². The van der Waals surface area contributed by atoms with E-state index >= 15 is 0 Å². The van der Waals surface area contributed by atoms with E-state index in [4.69, 9.17) is 9.47 Å². The van der Waals surface area contributed by atoms with Crippen LogP contribution >= 0.6 is 11.3 Å². The maximum Gasteiger partial charge on any atom is 0.332 e. The first-order valence-electron chi connectivity index (χ1n) is 13.5. The molecular weight excluding hydrogens is 518 g/mol. The second-order valence-electron chi connectivity index (χ2n) is 11.6. The molecule has 0 unspecified atom stereocenters. The van der Waals surface area contributed by atoms with E-state index in [9.17, 15) is 19.5 Å². The highest BCUT2D eigenvalue weighted by Crippen LogP contribution is 2.30. The number of hydrogen-bond donors (Lipinski definition) is 2. The Labute approximate surface area is 233 Å². The third-order valence-corrected chi connectivity index (χ3v) is 8.37. The number of likely N-dealkylation sites (tertiary alicyclic amines) is 1. The van der Waals surface area contributed by atoms with Crippen LogP contribution in [0.1, 0.15) is 70.7 Å². The van der Waals surface area contributed by atoms with Crippen LogP contribution in [0, 0.1) is 12.3 Å². The second-order valence-corrected chi connectivity index (χ2v) is 12.5. The van der Waals surface area contributed by atoms with Gasteiger partial charge in [0.25, 0.3) is 5.91 Å². The van der Waals surface area contributed by atoms with Crippen molar-refractivity contribution in [3.8, 4) is 10.4 Å². The fourth-order valence-corrected chi connectivity index (χ4v) is 5.65. The molecule has 2 aromatic rings. The molecule has 2 N–H and O–H groups in total. The number of ether oxygens (including phenoxy) is 2. The summed E-state index contributed by atoms with van der Waals surface area (Å²) in [6.07, 6.45) is 1.15. The number of aromatic nitrogens is 1. The van der Waals surface area contributed by atoms with E-state index in [0.29, 0.717) is 0 Å². The number of hydrogen-bond acceptors (Lipinski definition) is 8. The van der Waals surface area contributed by atoms with Crippen LogP contribution in [0.25, 0.3) is 10.4 Å². The Kier molecular flexibility index (Phi) is 9.08. The summed E-state index contributed by atoms with van der Waals surface area (Å²) >= 11 is 1.58. The van der Waals surface area contributed by atoms with Gasteiger partial charge in [-0.1, -0.05) is 45.0 Å². The van der Waals surface area contributed by atoms with Crippen molar-refractivity contribution in [2.75, 3.05) is 13.2 Å². The zero-order chi connectivity index (χ0) is 28.3. The number of carbonyl (C=O) groups excluding carboxylic acids is 3. The van der Waals surface area contributed by atoms with Crippen molar-refractivity contribution in [2.45, 2.75) is 90.7 Å². The van der Waals surface area contributed by atoms with Gasteiger partial charge >= 0.3 is 5.97 Å². The molecule has 212 valence electrons. The molecule has 2 amide bonds. The number of amides is 2. The number of thiazole rings is 1. The minimum absolute atomic E-state index is 0.00307. The van der Waals surface area contributed by atoms with Crippen LogP contribution < -0.4 is 5.32 Å². The average molecular weight is 558 g/mol. The summed E-state index contributed by atoms with van der Waals surface area (Å²) in [5, 5.41) is 13.4. The molecule has 0 bridgehead atoms. The van der Waals surface area contributed by atoms with Gasteiger partial charge in [-0.05, 0) is 44.2 Å². The Morgan fingerprint density at radius 1 is 1.21 bits per heavy atom. The van der Waals surface area contributed by atoms with E-state index in [1.54, 1.807) is 32.1 Å². The van der Waals surface area contributed by atoms with Crippen molar-refractivity contribution < 1.29 is 29.0 Å². The number of benzene rings is 1. The molecule has 2 aliphatic rings. The van der Waals surface area contributed by atoms with Gasteiger partial charge in [0.2, 0.25) is 5.91 Å². The van der Waals surface area contributed by atoms with Gasteiger partial charge in [-0.15, -0.1) is 11.3 Å². The third kappa shape index (κ3) is 7.04. The SMILES string of the molecule is Cc1ncsc1-c1ccc([C@H](C)NC(=O)[C@H]2C[C@@H](O)CN2C(=O)[C@@H](OC(=O)COC2CCC2)C(C)(C)C)cc1. The number of aliphatic hydroxyl groups is 1. The molecule has 1 aliphatic carbocycles. The zero-order valence-electron chi connectivity index (χ0n) is 23.3. The van der Waals surface area contributed by atoms with Crippen LogP contribution in [0.2, 0.25) is 0 Å². The lowest BCUT2D eigenvalue weighted by molar-refractivity contribution is -0.174. The number of β-amino-alcohol motifs (C(OH)–C–C–N with tert-alkyl or cyclic N) is 1. The quantitative estimate of drug-likeness (QED) is 0.451. The number of nitrogens with one attached hydrogen (secondary N) is 1. The maximum atomic E-state index is 13.6. The Hall–Kier alpha value is -2.82. The Bertz CT molecular complexity index is 1170. The van der Waals surface area contributed by atoms with Crippen molar-refractivity contribution in [3.63, 3.8) is 0 Å². The van der Waals surface area contributed by atoms with Gasteiger partial charge in [-0.2, -0.15) is 0 Å². The zero-order valence-corrected chi connectivity index (χ0v) is 24.1. The molecule has 4 atom stereocenters. The van der Waals surface area contributed by atoms with Gasteiger partial charge in [0.1, 0.15) is 12.6 Å². The average Bonchev–Trinajstić information content (AvgIpc) is 3.46. The van der Waals surface area contributed by atoms with E-state index in [2.05, 4.69) is 10.3 Å². The number of carbonyl (C=O) groups is 3. The number of aliphatic hydroxyl groups excluding tert-OH is 1. The van der Waals surface area contributed by atoms with E-state index < -0.39 is 35.5 Å². The molecule has 1 saturated heterocycles. The Balaban J connectivity index is 1.41. The Morgan fingerprint density at radius 2 is 1.90 bits per heavy atom. The predicted molar refractivity (Wildman–Crippen MR) is 148 cm³/mol. The van der Waals surface area contributed by atoms with E-state index in [-0.39, 0.29) is 37.6 Å². The topological polar surface area (TPSA) is 118 Å². The van der Waals surface area contributed by atoms with Crippen LogP contribution in [0.15, 0.2) is 29.8 Å². The molecule has 10 heteroatoms. The number of nitrogens with zero attached hydrogens (tertiary/aromatic N) is 2. The summed E-state index contributed by atoms with van der Waals surface area (Å²) < 4.78 is 11.1. The smallest absolute Gasteiger partial charge is 0.332 e. The summed E-state index contributed by atoms with van der Waals surface area (Å²) in [6, 6.07) is 6.75. The lowest BCUT2D eigenvalue weighted by atomic mass is 9.88. The molecule has 1 aromatic heterocycles. The van der Waals surface area contributed by atoms with Crippen LogP contribution in [0.3, 0.4) is 0 Å². The lowest BCUT2D eigenvalue weighted by Crippen LogP contribution is -2.53. The highest BCUT2D eigenvalue weighted by atomic mass is 32.1. The van der Waals surface area contributed by atoms with Gasteiger partial charge in [-0.3, -0.25) is 9.59 Å². The summed E-state index contributed by atoms with van der Waals surface area (Å²) in [5.41, 5.74) is 4.05. The van der Waals surface area contributed by atoms with Crippen LogP contribution in [-0.4, -0.2) is 70.3 Å². The van der Waals surface area contributed by atoms with Gasteiger partial charge in [-0.25, -0.2) is 9.78 Å². The first kappa shape index (κ1) is 29.2. The fourth-order valence-electron chi connectivity index (χ4n) is 4.84. The van der Waals surface area contributed by atoms with Crippen molar-refractivity contribution in [2.24, 2.45) is 5.41 Å². The number of rotatable bonds is 9. The fraction of sp³-hybridized carbons (Fsp3) is 0.586. The minimum Gasteiger partial charge on any atom is -0.450 e. The molecule has 1 saturated carbocycles. The molecule has 39 heavy (non-hydrogen) atoms. The largest absolute Gasteiger partial charge is 0.450 e.